The molecule has 1 fully saturated rings. The minimum absolute atomic E-state index is 0.0210. The summed E-state index contributed by atoms with van der Waals surface area (Å²) in [5, 5.41) is 9.74. The number of carbonyl (C=O) groups is 2. The van der Waals surface area contributed by atoms with Crippen molar-refractivity contribution in [3.63, 3.8) is 0 Å². The van der Waals surface area contributed by atoms with Crippen molar-refractivity contribution < 1.29 is 14.7 Å². The molecule has 1 saturated carbocycles. The topological polar surface area (TPSA) is 57.6 Å². The lowest BCUT2D eigenvalue weighted by atomic mass is 10.1. The minimum atomic E-state index is -0.904. The average Bonchev–Trinajstić information content (AvgIpc) is 3.14. The molecule has 0 aromatic heterocycles. The molecule has 2 rings (SSSR count). The lowest BCUT2D eigenvalue weighted by Crippen LogP contribution is -2.30. The van der Waals surface area contributed by atoms with E-state index in [2.05, 4.69) is 0 Å². The number of benzene rings is 1. The number of halogens is 2. The molecule has 0 aliphatic heterocycles. The molecule has 0 bridgehead atoms. The van der Waals surface area contributed by atoms with Crippen LogP contribution in [0.25, 0.3) is 0 Å². The van der Waals surface area contributed by atoms with Gasteiger partial charge in [0, 0.05) is 29.6 Å². The highest BCUT2D eigenvalue weighted by Crippen LogP contribution is 2.49. The van der Waals surface area contributed by atoms with Gasteiger partial charge in [-0.15, -0.1) is 0 Å². The van der Waals surface area contributed by atoms with Crippen LogP contribution < -0.4 is 0 Å². The first kappa shape index (κ1) is 15.1. The molecular weight excluding hydrogens is 301 g/mol. The Balaban J connectivity index is 1.96. The van der Waals surface area contributed by atoms with Gasteiger partial charge in [-0.2, -0.15) is 0 Å². The zero-order chi connectivity index (χ0) is 14.9. The third-order valence-electron chi connectivity index (χ3n) is 3.46. The zero-order valence-electron chi connectivity index (χ0n) is 11.0. The average molecular weight is 316 g/mol. The maximum absolute atomic E-state index is 12.1. The Morgan fingerprint density at radius 3 is 2.45 bits per heavy atom. The molecule has 1 aliphatic rings. The van der Waals surface area contributed by atoms with Gasteiger partial charge >= 0.3 is 5.97 Å². The van der Waals surface area contributed by atoms with Gasteiger partial charge < -0.3 is 10.0 Å². The minimum Gasteiger partial charge on any atom is -0.481 e. The fourth-order valence-corrected chi connectivity index (χ4v) is 2.83. The molecule has 1 amide bonds. The summed E-state index contributed by atoms with van der Waals surface area (Å²) in [5.41, 5.74) is 0.965. The van der Waals surface area contributed by atoms with Crippen molar-refractivity contribution in [2.24, 2.45) is 5.92 Å². The van der Waals surface area contributed by atoms with Gasteiger partial charge in [-0.05, 0) is 36.1 Å². The van der Waals surface area contributed by atoms with E-state index in [1.807, 2.05) is 12.1 Å². The van der Waals surface area contributed by atoms with Gasteiger partial charge in [-0.25, -0.2) is 0 Å². The van der Waals surface area contributed by atoms with Crippen LogP contribution in [0.4, 0.5) is 0 Å². The first-order valence-corrected chi connectivity index (χ1v) is 7.07. The Labute approximate surface area is 127 Å². The maximum atomic E-state index is 12.1. The van der Waals surface area contributed by atoms with Crippen LogP contribution in [-0.2, 0) is 9.59 Å². The van der Waals surface area contributed by atoms with E-state index in [1.165, 1.54) is 4.90 Å². The van der Waals surface area contributed by atoms with E-state index >= 15 is 0 Å². The van der Waals surface area contributed by atoms with Crippen LogP contribution in [0.3, 0.4) is 0 Å². The Kier molecular flexibility index (Phi) is 4.55. The molecular formula is C14H15Cl2NO3. The molecule has 1 N–H and O–H groups in total. The van der Waals surface area contributed by atoms with Crippen LogP contribution in [0.5, 0.6) is 0 Å². The zero-order valence-corrected chi connectivity index (χ0v) is 12.5. The monoisotopic (exact) mass is 315 g/mol. The largest absolute Gasteiger partial charge is 0.481 e. The number of rotatable bonds is 5. The fourth-order valence-electron chi connectivity index (χ4n) is 2.28. The molecule has 0 saturated heterocycles. The summed E-state index contributed by atoms with van der Waals surface area (Å²) in [4.78, 5) is 24.1. The highest BCUT2D eigenvalue weighted by molar-refractivity contribution is 6.34. The van der Waals surface area contributed by atoms with Crippen molar-refractivity contribution in [1.29, 1.82) is 0 Å². The summed E-state index contributed by atoms with van der Waals surface area (Å²) in [7, 11) is 1.63. The normalized spacial score (nSPS) is 20.6. The molecule has 20 heavy (non-hydrogen) atoms. The van der Waals surface area contributed by atoms with Crippen LogP contribution in [0.15, 0.2) is 18.2 Å². The van der Waals surface area contributed by atoms with Gasteiger partial charge in [-0.3, -0.25) is 9.59 Å². The Morgan fingerprint density at radius 1 is 1.30 bits per heavy atom. The molecule has 6 heteroatoms. The Morgan fingerprint density at radius 2 is 1.90 bits per heavy atom. The molecule has 2 unspecified atom stereocenters. The van der Waals surface area contributed by atoms with E-state index in [-0.39, 0.29) is 30.7 Å². The molecule has 1 aromatic carbocycles. The predicted molar refractivity (Wildman–Crippen MR) is 77.2 cm³/mol. The number of carboxylic acids is 1. The fraction of sp³-hybridized carbons (Fsp3) is 0.429. The Bertz CT molecular complexity index is 527. The predicted octanol–water partition coefficient (Wildman–Crippen LogP) is 3.03. The number of carbonyl (C=O) groups excluding carboxylic acids is 1. The summed E-state index contributed by atoms with van der Waals surface area (Å²) in [6.45, 7) is 0.230. The summed E-state index contributed by atoms with van der Waals surface area (Å²) in [5.74, 6) is -0.889. The number of amides is 1. The third-order valence-corrected chi connectivity index (χ3v) is 3.89. The van der Waals surface area contributed by atoms with E-state index in [0.717, 1.165) is 12.0 Å². The summed E-state index contributed by atoms with van der Waals surface area (Å²) >= 11 is 11.9. The molecule has 1 aliphatic carbocycles. The maximum Gasteiger partial charge on any atom is 0.305 e. The molecule has 0 spiro atoms. The first-order chi connectivity index (χ1) is 9.38. The van der Waals surface area contributed by atoms with E-state index < -0.39 is 5.97 Å². The second-order valence-corrected chi connectivity index (χ2v) is 5.93. The van der Waals surface area contributed by atoms with Crippen LogP contribution in [0.2, 0.25) is 10.0 Å². The molecule has 0 radical (unpaired) electrons. The standard InChI is InChI=1S/C14H15Cl2NO3/c1-17(3-2-13(18)19)14(20)12-7-11(12)8-4-9(15)6-10(16)5-8/h4-6,11-12H,2-3,7H2,1H3,(H,18,19). The van der Waals surface area contributed by atoms with Gasteiger partial charge in [0.15, 0.2) is 0 Å². The second-order valence-electron chi connectivity index (χ2n) is 5.06. The van der Waals surface area contributed by atoms with Gasteiger partial charge in [0.1, 0.15) is 0 Å². The summed E-state index contributed by atoms with van der Waals surface area (Å²) in [6, 6.07) is 5.30. The van der Waals surface area contributed by atoms with Crippen LogP contribution >= 0.6 is 23.2 Å². The van der Waals surface area contributed by atoms with Crippen LogP contribution in [0, 0.1) is 5.92 Å². The van der Waals surface area contributed by atoms with E-state index in [9.17, 15) is 9.59 Å². The van der Waals surface area contributed by atoms with Crippen molar-refractivity contribution in [2.75, 3.05) is 13.6 Å². The third kappa shape index (κ3) is 3.64. The number of aliphatic carboxylic acids is 1. The summed E-state index contributed by atoms with van der Waals surface area (Å²) < 4.78 is 0. The summed E-state index contributed by atoms with van der Waals surface area (Å²) in [6.07, 6.45) is 0.718. The molecule has 1 aromatic rings. The number of hydrogen-bond acceptors (Lipinski definition) is 2. The van der Waals surface area contributed by atoms with E-state index in [0.29, 0.717) is 10.0 Å². The smallest absolute Gasteiger partial charge is 0.305 e. The van der Waals surface area contributed by atoms with E-state index in [1.54, 1.807) is 13.1 Å². The van der Waals surface area contributed by atoms with Crippen molar-refractivity contribution in [3.05, 3.63) is 33.8 Å². The van der Waals surface area contributed by atoms with Gasteiger partial charge in [0.05, 0.1) is 6.42 Å². The van der Waals surface area contributed by atoms with Gasteiger partial charge in [0.2, 0.25) is 5.91 Å². The van der Waals surface area contributed by atoms with Crippen molar-refractivity contribution >= 4 is 35.1 Å². The molecule has 4 nitrogen and oxygen atoms in total. The molecule has 108 valence electrons. The Hall–Kier alpha value is -1.26. The van der Waals surface area contributed by atoms with Crippen LogP contribution in [-0.4, -0.2) is 35.5 Å². The SMILES string of the molecule is CN(CCC(=O)O)C(=O)C1CC1c1cc(Cl)cc(Cl)c1. The van der Waals surface area contributed by atoms with Crippen LogP contribution in [0.1, 0.15) is 24.3 Å². The van der Waals surface area contributed by atoms with E-state index in [4.69, 9.17) is 28.3 Å². The van der Waals surface area contributed by atoms with Crippen molar-refractivity contribution in [1.82, 2.24) is 4.90 Å². The second kappa shape index (κ2) is 6.02. The highest BCUT2D eigenvalue weighted by Gasteiger charge is 2.45. The van der Waals surface area contributed by atoms with Crippen molar-refractivity contribution in [3.8, 4) is 0 Å². The lowest BCUT2D eigenvalue weighted by molar-refractivity contribution is -0.138. The highest BCUT2D eigenvalue weighted by atomic mass is 35.5. The number of carboxylic acid groups (broad SMARTS) is 1. The first-order valence-electron chi connectivity index (χ1n) is 6.31. The number of hydrogen-bond donors (Lipinski definition) is 1. The van der Waals surface area contributed by atoms with Gasteiger partial charge in [0.25, 0.3) is 0 Å². The number of nitrogens with zero attached hydrogens (tertiary/aromatic N) is 1. The molecule has 2 atom stereocenters. The lowest BCUT2D eigenvalue weighted by Gasteiger charge is -2.16. The van der Waals surface area contributed by atoms with Gasteiger partial charge in [-0.1, -0.05) is 23.2 Å². The molecule has 0 heterocycles. The van der Waals surface area contributed by atoms with Crippen molar-refractivity contribution in [2.45, 2.75) is 18.8 Å². The quantitative estimate of drug-likeness (QED) is 0.908.